The smallest absolute Gasteiger partial charge is 0.342 e. The molecule has 1 N–H and O–H groups in total. The number of carbonyl (C=O) groups is 1. The Bertz CT molecular complexity index is 188. The molecule has 0 aromatic heterocycles. The van der Waals surface area contributed by atoms with E-state index in [2.05, 4.69) is 0 Å². The summed E-state index contributed by atoms with van der Waals surface area (Å²) in [5.74, 6) is -1.36. The van der Waals surface area contributed by atoms with E-state index in [9.17, 15) is 9.18 Å². The third kappa shape index (κ3) is 2.95. The van der Waals surface area contributed by atoms with Crippen LogP contribution in [0.3, 0.4) is 0 Å². The zero-order valence-corrected chi connectivity index (χ0v) is 7.92. The summed E-state index contributed by atoms with van der Waals surface area (Å²) >= 11 is 0. The van der Waals surface area contributed by atoms with Crippen molar-refractivity contribution < 1.29 is 14.3 Å². The van der Waals surface area contributed by atoms with Gasteiger partial charge in [0.25, 0.3) is 0 Å². The largest absolute Gasteiger partial charge is 0.479 e. The standard InChI is InChI=1S/C9H16FNO2/c1-9(10,8(12)13)7-11-5-3-2-4-6-11/h2-7H2,1H3,(H,12,13). The molecule has 76 valence electrons. The highest BCUT2D eigenvalue weighted by molar-refractivity contribution is 5.77. The Morgan fingerprint density at radius 2 is 2.00 bits per heavy atom. The molecule has 0 aliphatic carbocycles. The lowest BCUT2D eigenvalue weighted by Gasteiger charge is -2.30. The molecule has 1 fully saturated rings. The van der Waals surface area contributed by atoms with Crippen molar-refractivity contribution in [2.24, 2.45) is 0 Å². The summed E-state index contributed by atoms with van der Waals surface area (Å²) < 4.78 is 13.4. The molecule has 0 aromatic rings. The number of likely N-dealkylation sites (tertiary alicyclic amines) is 1. The monoisotopic (exact) mass is 189 g/mol. The number of hydrogen-bond donors (Lipinski definition) is 1. The summed E-state index contributed by atoms with van der Waals surface area (Å²) in [6, 6.07) is 0. The lowest BCUT2D eigenvalue weighted by atomic mass is 10.1. The second-order valence-corrected chi connectivity index (χ2v) is 3.84. The SMILES string of the molecule is CC(F)(CN1CCCCC1)C(=O)O. The van der Waals surface area contributed by atoms with Gasteiger partial charge in [-0.25, -0.2) is 9.18 Å². The van der Waals surface area contributed by atoms with E-state index >= 15 is 0 Å². The zero-order chi connectivity index (χ0) is 9.90. The van der Waals surface area contributed by atoms with E-state index in [4.69, 9.17) is 5.11 Å². The summed E-state index contributed by atoms with van der Waals surface area (Å²) in [6.45, 7) is 2.80. The van der Waals surface area contributed by atoms with Gasteiger partial charge in [0.15, 0.2) is 0 Å². The topological polar surface area (TPSA) is 40.5 Å². The van der Waals surface area contributed by atoms with Gasteiger partial charge in [0, 0.05) is 6.54 Å². The second kappa shape index (κ2) is 4.05. The Balaban J connectivity index is 2.41. The summed E-state index contributed by atoms with van der Waals surface area (Å²) in [7, 11) is 0. The molecule has 3 nitrogen and oxygen atoms in total. The van der Waals surface area contributed by atoms with Crippen LogP contribution >= 0.6 is 0 Å². The van der Waals surface area contributed by atoms with Gasteiger partial charge in [0.05, 0.1) is 0 Å². The van der Waals surface area contributed by atoms with Crippen molar-refractivity contribution in [2.45, 2.75) is 31.9 Å². The Morgan fingerprint density at radius 3 is 2.46 bits per heavy atom. The first-order valence-electron chi connectivity index (χ1n) is 4.67. The molecule has 0 saturated carbocycles. The number of carboxylic acid groups (broad SMARTS) is 1. The number of carboxylic acids is 1. The van der Waals surface area contributed by atoms with Crippen LogP contribution in [0.25, 0.3) is 0 Å². The minimum atomic E-state index is -2.10. The third-order valence-electron chi connectivity index (χ3n) is 2.42. The minimum Gasteiger partial charge on any atom is -0.479 e. The summed E-state index contributed by atoms with van der Waals surface area (Å²) in [5.41, 5.74) is -2.10. The quantitative estimate of drug-likeness (QED) is 0.727. The minimum absolute atomic E-state index is 0.0162. The number of hydrogen-bond acceptors (Lipinski definition) is 2. The van der Waals surface area contributed by atoms with Crippen molar-refractivity contribution in [1.29, 1.82) is 0 Å². The zero-order valence-electron chi connectivity index (χ0n) is 7.92. The third-order valence-corrected chi connectivity index (χ3v) is 2.42. The van der Waals surface area contributed by atoms with Gasteiger partial charge in [0.2, 0.25) is 5.67 Å². The Labute approximate surface area is 77.5 Å². The van der Waals surface area contributed by atoms with Crippen molar-refractivity contribution in [3.63, 3.8) is 0 Å². The molecule has 0 amide bonds. The average molecular weight is 189 g/mol. The van der Waals surface area contributed by atoms with E-state index in [1.165, 1.54) is 6.42 Å². The van der Waals surface area contributed by atoms with Crippen molar-refractivity contribution in [1.82, 2.24) is 4.90 Å². The van der Waals surface area contributed by atoms with Crippen LogP contribution in [0.4, 0.5) is 4.39 Å². The van der Waals surface area contributed by atoms with Crippen LogP contribution in [0.15, 0.2) is 0 Å². The lowest BCUT2D eigenvalue weighted by Crippen LogP contribution is -2.45. The van der Waals surface area contributed by atoms with Gasteiger partial charge in [-0.15, -0.1) is 0 Å². The van der Waals surface area contributed by atoms with Crippen LogP contribution in [-0.2, 0) is 4.79 Å². The Kier molecular flexibility index (Phi) is 3.25. The number of halogens is 1. The molecular weight excluding hydrogens is 173 g/mol. The molecule has 1 unspecified atom stereocenters. The van der Waals surface area contributed by atoms with Crippen molar-refractivity contribution in [3.05, 3.63) is 0 Å². The fourth-order valence-electron chi connectivity index (χ4n) is 1.61. The molecule has 0 bridgehead atoms. The first kappa shape index (κ1) is 10.4. The fourth-order valence-corrected chi connectivity index (χ4v) is 1.61. The normalized spacial score (nSPS) is 23.8. The highest BCUT2D eigenvalue weighted by Gasteiger charge is 2.35. The number of aliphatic carboxylic acids is 1. The number of alkyl halides is 1. The van der Waals surface area contributed by atoms with Crippen LogP contribution in [0.2, 0.25) is 0 Å². The fraction of sp³-hybridized carbons (Fsp3) is 0.889. The molecule has 13 heavy (non-hydrogen) atoms. The van der Waals surface area contributed by atoms with Crippen LogP contribution in [0.5, 0.6) is 0 Å². The van der Waals surface area contributed by atoms with Crippen molar-refractivity contribution in [2.75, 3.05) is 19.6 Å². The van der Waals surface area contributed by atoms with Crippen LogP contribution < -0.4 is 0 Å². The van der Waals surface area contributed by atoms with E-state index in [1.807, 2.05) is 4.90 Å². The van der Waals surface area contributed by atoms with E-state index in [-0.39, 0.29) is 6.54 Å². The van der Waals surface area contributed by atoms with E-state index < -0.39 is 11.6 Å². The maximum atomic E-state index is 13.4. The van der Waals surface area contributed by atoms with Gasteiger partial charge in [-0.1, -0.05) is 6.42 Å². The molecule has 1 heterocycles. The molecular formula is C9H16FNO2. The number of piperidine rings is 1. The molecule has 0 radical (unpaired) electrons. The predicted molar refractivity (Wildman–Crippen MR) is 47.4 cm³/mol. The van der Waals surface area contributed by atoms with Crippen LogP contribution in [0.1, 0.15) is 26.2 Å². The highest BCUT2D eigenvalue weighted by atomic mass is 19.1. The summed E-state index contributed by atoms with van der Waals surface area (Å²) in [5, 5.41) is 8.57. The van der Waals surface area contributed by atoms with Crippen LogP contribution in [0, 0.1) is 0 Å². The maximum absolute atomic E-state index is 13.4. The molecule has 0 aromatic carbocycles. The maximum Gasteiger partial charge on any atom is 0.342 e. The Morgan fingerprint density at radius 1 is 1.46 bits per heavy atom. The van der Waals surface area contributed by atoms with Gasteiger partial charge in [-0.3, -0.25) is 4.90 Å². The molecule has 1 aliphatic heterocycles. The lowest BCUT2D eigenvalue weighted by molar-refractivity contribution is -0.151. The van der Waals surface area contributed by atoms with Crippen LogP contribution in [-0.4, -0.2) is 41.3 Å². The van der Waals surface area contributed by atoms with Gasteiger partial charge >= 0.3 is 5.97 Å². The van der Waals surface area contributed by atoms with Gasteiger partial charge in [0.1, 0.15) is 0 Å². The molecule has 1 saturated heterocycles. The molecule has 4 heteroatoms. The van der Waals surface area contributed by atoms with Crippen molar-refractivity contribution >= 4 is 5.97 Å². The number of nitrogens with zero attached hydrogens (tertiary/aromatic N) is 1. The van der Waals surface area contributed by atoms with E-state index in [1.54, 1.807) is 0 Å². The van der Waals surface area contributed by atoms with Gasteiger partial charge < -0.3 is 5.11 Å². The summed E-state index contributed by atoms with van der Waals surface area (Å²) in [4.78, 5) is 12.4. The summed E-state index contributed by atoms with van der Waals surface area (Å²) in [6.07, 6.45) is 3.28. The van der Waals surface area contributed by atoms with E-state index in [0.717, 1.165) is 32.9 Å². The first-order valence-corrected chi connectivity index (χ1v) is 4.67. The molecule has 1 rings (SSSR count). The molecule has 1 aliphatic rings. The number of rotatable bonds is 3. The van der Waals surface area contributed by atoms with Gasteiger partial charge in [-0.05, 0) is 32.9 Å². The highest BCUT2D eigenvalue weighted by Crippen LogP contribution is 2.16. The van der Waals surface area contributed by atoms with E-state index in [0.29, 0.717) is 0 Å². The average Bonchev–Trinajstić information content (AvgIpc) is 2.05. The predicted octanol–water partition coefficient (Wildman–Crippen LogP) is 1.29. The first-order chi connectivity index (χ1) is 6.02. The second-order valence-electron chi connectivity index (χ2n) is 3.84. The Hall–Kier alpha value is -0.640. The molecule has 0 spiro atoms. The van der Waals surface area contributed by atoms with Gasteiger partial charge in [-0.2, -0.15) is 0 Å². The van der Waals surface area contributed by atoms with Crippen molar-refractivity contribution in [3.8, 4) is 0 Å². The molecule has 1 atom stereocenters.